The van der Waals surface area contributed by atoms with Gasteiger partial charge in [0.2, 0.25) is 5.79 Å². The number of halogens is 2. The van der Waals surface area contributed by atoms with Crippen LogP contribution in [0.15, 0.2) is 66.1 Å². The number of hydrogen-bond acceptors (Lipinski definition) is 5. The molecular weight excluding hydrogens is 471 g/mol. The molecule has 1 fully saturated rings. The van der Waals surface area contributed by atoms with Crippen LogP contribution in [0, 0.1) is 0 Å². The Hall–Kier alpha value is -2.23. The molecule has 1 saturated heterocycles. The van der Waals surface area contributed by atoms with Crippen molar-refractivity contribution in [3.8, 4) is 0 Å². The zero-order chi connectivity index (χ0) is 22.6. The highest BCUT2D eigenvalue weighted by Crippen LogP contribution is 2.41. The zero-order valence-electron chi connectivity index (χ0n) is 17.3. The molecule has 0 saturated carbocycles. The Kier molecular flexibility index (Phi) is 7.27. The van der Waals surface area contributed by atoms with Gasteiger partial charge in [-0.05, 0) is 36.4 Å². The molecule has 2 N–H and O–H groups in total. The van der Waals surface area contributed by atoms with E-state index in [1.54, 1.807) is 43.5 Å². The third-order valence-corrected chi connectivity index (χ3v) is 6.62. The number of amides is 2. The van der Waals surface area contributed by atoms with Crippen LogP contribution in [0.1, 0.15) is 5.56 Å². The summed E-state index contributed by atoms with van der Waals surface area (Å²) in [5, 5.41) is 6.31. The van der Waals surface area contributed by atoms with E-state index in [1.165, 1.54) is 0 Å². The van der Waals surface area contributed by atoms with E-state index in [0.29, 0.717) is 28.9 Å². The van der Waals surface area contributed by atoms with E-state index in [1.807, 2.05) is 41.1 Å². The van der Waals surface area contributed by atoms with Gasteiger partial charge in [-0.25, -0.2) is 9.78 Å². The molecule has 0 spiro atoms. The number of nitrogens with one attached hydrogen (secondary N) is 2. The van der Waals surface area contributed by atoms with Crippen molar-refractivity contribution in [2.45, 2.75) is 23.3 Å². The van der Waals surface area contributed by atoms with Gasteiger partial charge in [-0.3, -0.25) is 0 Å². The van der Waals surface area contributed by atoms with E-state index in [2.05, 4.69) is 15.6 Å². The lowest BCUT2D eigenvalue weighted by molar-refractivity contribution is -0.184. The zero-order valence-corrected chi connectivity index (χ0v) is 19.6. The van der Waals surface area contributed by atoms with Crippen molar-refractivity contribution < 1.29 is 14.3 Å². The maximum atomic E-state index is 11.4. The highest BCUT2D eigenvalue weighted by atomic mass is 35.5. The lowest BCUT2D eigenvalue weighted by Crippen LogP contribution is -2.34. The number of urea groups is 1. The highest BCUT2D eigenvalue weighted by Gasteiger charge is 2.45. The second-order valence-corrected chi connectivity index (χ2v) is 9.14. The van der Waals surface area contributed by atoms with E-state index in [0.717, 1.165) is 16.1 Å². The summed E-state index contributed by atoms with van der Waals surface area (Å²) < 4.78 is 14.6. The number of benzene rings is 2. The molecule has 10 heteroatoms. The van der Waals surface area contributed by atoms with Crippen molar-refractivity contribution in [3.05, 3.63) is 76.8 Å². The molecule has 0 radical (unpaired) electrons. The molecule has 1 aromatic heterocycles. The summed E-state index contributed by atoms with van der Waals surface area (Å²) in [6, 6.07) is 12.7. The number of carbonyl (C=O) groups excluding carboxylic acids is 1. The van der Waals surface area contributed by atoms with Crippen LogP contribution in [-0.2, 0) is 21.8 Å². The van der Waals surface area contributed by atoms with Crippen LogP contribution in [0.5, 0.6) is 0 Å². The largest absolute Gasteiger partial charge is 0.342 e. The first-order valence-corrected chi connectivity index (χ1v) is 11.7. The van der Waals surface area contributed by atoms with Crippen LogP contribution in [-0.4, -0.2) is 41.1 Å². The average molecular weight is 493 g/mol. The fourth-order valence-corrected chi connectivity index (χ4v) is 4.82. The predicted octanol–water partition coefficient (Wildman–Crippen LogP) is 5.00. The molecule has 0 unspecified atom stereocenters. The molecular formula is C22H22Cl2N4O3S. The summed E-state index contributed by atoms with van der Waals surface area (Å²) in [4.78, 5) is 16.6. The normalized spacial score (nSPS) is 20.3. The van der Waals surface area contributed by atoms with Crippen LogP contribution in [0.3, 0.4) is 0 Å². The van der Waals surface area contributed by atoms with Crippen molar-refractivity contribution in [1.82, 2.24) is 14.9 Å². The number of rotatable bonds is 7. The minimum Gasteiger partial charge on any atom is -0.342 e. The summed E-state index contributed by atoms with van der Waals surface area (Å²) in [5.74, 6) is -0.339. The van der Waals surface area contributed by atoms with E-state index >= 15 is 0 Å². The molecule has 2 amide bonds. The summed E-state index contributed by atoms with van der Waals surface area (Å²) in [7, 11) is 1.58. The maximum absolute atomic E-state index is 11.4. The van der Waals surface area contributed by atoms with Gasteiger partial charge in [-0.1, -0.05) is 29.3 Å². The Bertz CT molecular complexity index is 1070. The van der Waals surface area contributed by atoms with Crippen molar-refractivity contribution in [2.24, 2.45) is 0 Å². The fraction of sp³-hybridized carbons (Fsp3) is 0.273. The maximum Gasteiger partial charge on any atom is 0.318 e. The molecule has 4 rings (SSSR count). The van der Waals surface area contributed by atoms with E-state index in [4.69, 9.17) is 32.7 Å². The topological polar surface area (TPSA) is 77.4 Å². The van der Waals surface area contributed by atoms with Gasteiger partial charge in [-0.15, -0.1) is 11.8 Å². The Balaban J connectivity index is 1.45. The Labute approximate surface area is 200 Å². The summed E-state index contributed by atoms with van der Waals surface area (Å²) in [6.45, 7) is 0.840. The smallest absolute Gasteiger partial charge is 0.318 e. The molecule has 168 valence electrons. The molecule has 0 bridgehead atoms. The Morgan fingerprint density at radius 3 is 2.78 bits per heavy atom. The number of carbonyl (C=O) groups is 1. The molecule has 0 aliphatic carbocycles. The molecule has 1 aliphatic rings. The first kappa shape index (κ1) is 22.9. The first-order chi connectivity index (χ1) is 15.5. The second kappa shape index (κ2) is 10.1. The molecule has 2 aromatic carbocycles. The number of thioether (sulfide) groups is 1. The van der Waals surface area contributed by atoms with Crippen molar-refractivity contribution in [2.75, 3.05) is 24.7 Å². The number of hydrogen-bond donors (Lipinski definition) is 2. The van der Waals surface area contributed by atoms with E-state index < -0.39 is 5.79 Å². The van der Waals surface area contributed by atoms with Gasteiger partial charge in [0.05, 0.1) is 30.6 Å². The monoisotopic (exact) mass is 492 g/mol. The van der Waals surface area contributed by atoms with Gasteiger partial charge in [0.15, 0.2) is 0 Å². The number of anilines is 1. The van der Waals surface area contributed by atoms with Crippen LogP contribution in [0.2, 0.25) is 10.0 Å². The average Bonchev–Trinajstić information content (AvgIpc) is 3.44. The first-order valence-electron chi connectivity index (χ1n) is 9.92. The number of ether oxygens (including phenoxy) is 2. The molecule has 7 nitrogen and oxygen atoms in total. The van der Waals surface area contributed by atoms with Gasteiger partial charge in [0.1, 0.15) is 0 Å². The van der Waals surface area contributed by atoms with Crippen molar-refractivity contribution in [3.63, 3.8) is 0 Å². The van der Waals surface area contributed by atoms with Gasteiger partial charge in [-0.2, -0.15) is 0 Å². The molecule has 1 aliphatic heterocycles. The SMILES string of the molecule is CNC(=O)Nc1ccc(SC[C@@H]2CO[C@@](Cn3ccnc3)(c3ccc(Cl)cc3Cl)O2)cc1. The third-order valence-electron chi connectivity index (χ3n) is 4.93. The molecule has 2 atom stereocenters. The van der Waals surface area contributed by atoms with Crippen molar-refractivity contribution in [1.29, 1.82) is 0 Å². The Morgan fingerprint density at radius 1 is 1.28 bits per heavy atom. The molecule has 3 aromatic rings. The van der Waals surface area contributed by atoms with Gasteiger partial charge >= 0.3 is 6.03 Å². The van der Waals surface area contributed by atoms with Gasteiger partial charge < -0.3 is 24.7 Å². The third kappa shape index (κ3) is 5.39. The molecule has 32 heavy (non-hydrogen) atoms. The number of imidazole rings is 1. The number of aromatic nitrogens is 2. The van der Waals surface area contributed by atoms with E-state index in [-0.39, 0.29) is 12.1 Å². The fourth-order valence-electron chi connectivity index (χ4n) is 3.39. The van der Waals surface area contributed by atoms with Crippen LogP contribution >= 0.6 is 35.0 Å². The van der Waals surface area contributed by atoms with E-state index in [9.17, 15) is 4.79 Å². The standard InChI is InChI=1S/C22H22Cl2N4O3S/c1-25-21(29)27-16-3-5-18(6-4-16)32-12-17-11-30-22(31-17,13-28-9-8-26-14-28)19-7-2-15(23)10-20(19)24/h2-10,14,17H,11-13H2,1H3,(H2,25,27,29)/t17-,22+/m0/s1. The predicted molar refractivity (Wildman–Crippen MR) is 126 cm³/mol. The molecule has 2 heterocycles. The van der Waals surface area contributed by atoms with Gasteiger partial charge in [0, 0.05) is 46.4 Å². The van der Waals surface area contributed by atoms with Crippen LogP contribution < -0.4 is 10.6 Å². The minimum absolute atomic E-state index is 0.140. The lowest BCUT2D eigenvalue weighted by atomic mass is 10.1. The Morgan fingerprint density at radius 2 is 2.09 bits per heavy atom. The van der Waals surface area contributed by atoms with Crippen LogP contribution in [0.25, 0.3) is 0 Å². The summed E-state index contributed by atoms with van der Waals surface area (Å²) in [5.41, 5.74) is 1.46. The second-order valence-electron chi connectivity index (χ2n) is 7.20. The lowest BCUT2D eigenvalue weighted by Gasteiger charge is -2.30. The quantitative estimate of drug-likeness (QED) is 0.453. The summed E-state index contributed by atoms with van der Waals surface area (Å²) >= 11 is 14.3. The van der Waals surface area contributed by atoms with Gasteiger partial charge in [0.25, 0.3) is 0 Å². The minimum atomic E-state index is -1.03. The highest BCUT2D eigenvalue weighted by molar-refractivity contribution is 7.99. The number of nitrogens with zero attached hydrogens (tertiary/aromatic N) is 2. The van der Waals surface area contributed by atoms with Crippen LogP contribution in [0.4, 0.5) is 10.5 Å². The van der Waals surface area contributed by atoms with Crippen molar-refractivity contribution >= 4 is 46.7 Å². The summed E-state index contributed by atoms with van der Waals surface area (Å²) in [6.07, 6.45) is 5.14.